The van der Waals surface area contributed by atoms with Crippen LogP contribution in [0.5, 0.6) is 11.5 Å². The van der Waals surface area contributed by atoms with Crippen molar-refractivity contribution in [2.45, 2.75) is 0 Å². The van der Waals surface area contributed by atoms with Crippen LogP contribution in [0, 0.1) is 0 Å². The molecule has 0 radical (unpaired) electrons. The van der Waals surface area contributed by atoms with Crippen molar-refractivity contribution >= 4 is 29.1 Å². The highest BCUT2D eigenvalue weighted by Crippen LogP contribution is 2.36. The molecule has 9 heteroatoms. The number of halogens is 1. The highest BCUT2D eigenvalue weighted by molar-refractivity contribution is 6.32. The summed E-state index contributed by atoms with van der Waals surface area (Å²) < 4.78 is 10.6. The van der Waals surface area contributed by atoms with Crippen LogP contribution in [0.4, 0.5) is 11.6 Å². The molecule has 0 atom stereocenters. The van der Waals surface area contributed by atoms with Crippen LogP contribution in [0.3, 0.4) is 0 Å². The van der Waals surface area contributed by atoms with Crippen LogP contribution in [-0.4, -0.2) is 73.1 Å². The predicted molar refractivity (Wildman–Crippen MR) is 103 cm³/mol. The minimum atomic E-state index is -0.0552. The summed E-state index contributed by atoms with van der Waals surface area (Å²) in [5.41, 5.74) is 1.07. The summed E-state index contributed by atoms with van der Waals surface area (Å²) in [5, 5.41) is 3.50. The number of carbonyl (C=O) groups excluding carboxylic acids is 1. The Kier molecular flexibility index (Phi) is 5.98. The number of hydrogen-bond acceptors (Lipinski definition) is 7. The molecule has 0 bridgehead atoms. The average molecular weight is 392 g/mol. The number of anilines is 2. The highest BCUT2D eigenvalue weighted by Gasteiger charge is 2.21. The number of amides is 1. The van der Waals surface area contributed by atoms with Gasteiger partial charge in [0.15, 0.2) is 0 Å². The average Bonchev–Trinajstić information content (AvgIpc) is 2.69. The number of nitrogens with one attached hydrogen (secondary N) is 1. The molecule has 1 aliphatic heterocycles. The number of aromatic nitrogens is 2. The Bertz CT molecular complexity index is 807. The van der Waals surface area contributed by atoms with Crippen LogP contribution in [0.15, 0.2) is 24.5 Å². The summed E-state index contributed by atoms with van der Waals surface area (Å²) in [4.78, 5) is 25.1. The van der Waals surface area contributed by atoms with E-state index < -0.39 is 0 Å². The third-order valence-corrected chi connectivity index (χ3v) is 4.71. The lowest BCUT2D eigenvalue weighted by Gasteiger charge is -2.32. The summed E-state index contributed by atoms with van der Waals surface area (Å²) in [5.74, 6) is 1.32. The normalized spacial score (nSPS) is 14.7. The van der Waals surface area contributed by atoms with Gasteiger partial charge in [0.1, 0.15) is 11.5 Å². The molecule has 27 heavy (non-hydrogen) atoms. The number of ether oxygens (including phenoxy) is 2. The Morgan fingerprint density at radius 1 is 1.07 bits per heavy atom. The van der Waals surface area contributed by atoms with E-state index in [4.69, 9.17) is 21.1 Å². The second-order valence-electron chi connectivity index (χ2n) is 6.20. The van der Waals surface area contributed by atoms with E-state index >= 15 is 0 Å². The van der Waals surface area contributed by atoms with Gasteiger partial charge >= 0.3 is 0 Å². The highest BCUT2D eigenvalue weighted by atomic mass is 35.5. The van der Waals surface area contributed by atoms with Crippen molar-refractivity contribution in [3.63, 3.8) is 0 Å². The maximum Gasteiger partial charge on any atom is 0.257 e. The van der Waals surface area contributed by atoms with Gasteiger partial charge < -0.3 is 24.6 Å². The van der Waals surface area contributed by atoms with E-state index in [1.165, 1.54) is 19.5 Å². The standard InChI is InChI=1S/C18H22ClN5O3/c1-23-4-6-24(7-5-23)17(25)12-10-20-18(21-11-12)22-14-9-15(26-2)13(19)8-16(14)27-3/h8-11H,4-7H2,1-3H3,(H,20,21,22). The van der Waals surface area contributed by atoms with Gasteiger partial charge in [-0.25, -0.2) is 9.97 Å². The van der Waals surface area contributed by atoms with Gasteiger partial charge in [-0.15, -0.1) is 0 Å². The number of rotatable bonds is 5. The molecular formula is C18H22ClN5O3. The molecule has 0 unspecified atom stereocenters. The zero-order valence-corrected chi connectivity index (χ0v) is 16.3. The first-order chi connectivity index (χ1) is 13.0. The van der Waals surface area contributed by atoms with Crippen LogP contribution in [0.1, 0.15) is 10.4 Å². The van der Waals surface area contributed by atoms with Crippen molar-refractivity contribution in [1.29, 1.82) is 0 Å². The zero-order chi connectivity index (χ0) is 19.4. The molecule has 0 spiro atoms. The fraction of sp³-hybridized carbons (Fsp3) is 0.389. The fourth-order valence-corrected chi connectivity index (χ4v) is 3.00. The van der Waals surface area contributed by atoms with E-state index in [1.54, 1.807) is 19.2 Å². The minimum absolute atomic E-state index is 0.0552. The van der Waals surface area contributed by atoms with E-state index in [9.17, 15) is 4.79 Å². The maximum atomic E-state index is 12.6. The molecule has 1 N–H and O–H groups in total. The summed E-state index contributed by atoms with van der Waals surface area (Å²) in [6.07, 6.45) is 3.05. The second kappa shape index (κ2) is 8.41. The van der Waals surface area contributed by atoms with Gasteiger partial charge in [-0.05, 0) is 7.05 Å². The maximum absolute atomic E-state index is 12.6. The van der Waals surface area contributed by atoms with Crippen LogP contribution in [0.25, 0.3) is 0 Å². The predicted octanol–water partition coefficient (Wildman–Crippen LogP) is 2.28. The number of nitrogens with zero attached hydrogens (tertiary/aromatic N) is 4. The Hall–Kier alpha value is -2.58. The number of likely N-dealkylation sites (N-methyl/N-ethyl adjacent to an activating group) is 1. The first-order valence-corrected chi connectivity index (χ1v) is 8.88. The summed E-state index contributed by atoms with van der Waals surface area (Å²) in [6, 6.07) is 3.35. The van der Waals surface area contributed by atoms with E-state index in [2.05, 4.69) is 20.2 Å². The third kappa shape index (κ3) is 4.40. The molecule has 1 fully saturated rings. The molecule has 0 saturated carbocycles. The minimum Gasteiger partial charge on any atom is -0.495 e. The lowest BCUT2D eigenvalue weighted by molar-refractivity contribution is 0.0663. The number of carbonyl (C=O) groups is 1. The molecule has 1 saturated heterocycles. The van der Waals surface area contributed by atoms with E-state index in [1.807, 2.05) is 11.9 Å². The Morgan fingerprint density at radius 2 is 1.70 bits per heavy atom. The van der Waals surface area contributed by atoms with Crippen molar-refractivity contribution in [2.75, 3.05) is 52.8 Å². The van der Waals surface area contributed by atoms with E-state index in [0.29, 0.717) is 46.8 Å². The van der Waals surface area contributed by atoms with E-state index in [-0.39, 0.29) is 5.91 Å². The SMILES string of the molecule is COc1cc(Nc2ncc(C(=O)N3CCN(C)CC3)cn2)c(OC)cc1Cl. The molecule has 3 rings (SSSR count). The van der Waals surface area contributed by atoms with Gasteiger partial charge in [-0.1, -0.05) is 11.6 Å². The lowest BCUT2D eigenvalue weighted by atomic mass is 10.2. The van der Waals surface area contributed by atoms with E-state index in [0.717, 1.165) is 13.1 Å². The molecule has 1 aromatic carbocycles. The smallest absolute Gasteiger partial charge is 0.257 e. The van der Waals surface area contributed by atoms with Gasteiger partial charge in [-0.3, -0.25) is 4.79 Å². The topological polar surface area (TPSA) is 79.8 Å². The Labute approximate surface area is 163 Å². The second-order valence-corrected chi connectivity index (χ2v) is 6.61. The molecule has 1 aliphatic rings. The molecule has 2 heterocycles. The quantitative estimate of drug-likeness (QED) is 0.837. The largest absolute Gasteiger partial charge is 0.495 e. The van der Waals surface area contributed by atoms with Crippen LogP contribution >= 0.6 is 11.6 Å². The van der Waals surface area contributed by atoms with Gasteiger partial charge in [0.05, 0.1) is 30.5 Å². The Morgan fingerprint density at radius 3 is 2.30 bits per heavy atom. The van der Waals surface area contributed by atoms with Crippen molar-refractivity contribution < 1.29 is 14.3 Å². The summed E-state index contributed by atoms with van der Waals surface area (Å²) >= 11 is 6.11. The zero-order valence-electron chi connectivity index (χ0n) is 15.5. The van der Waals surface area contributed by atoms with Gasteiger partial charge in [0.25, 0.3) is 5.91 Å². The molecule has 2 aromatic rings. The number of benzene rings is 1. The fourth-order valence-electron chi connectivity index (χ4n) is 2.77. The molecular weight excluding hydrogens is 370 g/mol. The Balaban J connectivity index is 1.73. The molecule has 1 aromatic heterocycles. The number of methoxy groups -OCH3 is 2. The molecule has 8 nitrogen and oxygen atoms in total. The van der Waals surface area contributed by atoms with Crippen LogP contribution in [0.2, 0.25) is 5.02 Å². The molecule has 1 amide bonds. The first kappa shape index (κ1) is 19.2. The molecule has 144 valence electrons. The van der Waals surface area contributed by atoms with Crippen LogP contribution in [-0.2, 0) is 0 Å². The van der Waals surface area contributed by atoms with Gasteiger partial charge in [-0.2, -0.15) is 0 Å². The summed E-state index contributed by atoms with van der Waals surface area (Å²) in [7, 11) is 5.13. The van der Waals surface area contributed by atoms with Crippen molar-refractivity contribution in [2.24, 2.45) is 0 Å². The monoisotopic (exact) mass is 391 g/mol. The lowest BCUT2D eigenvalue weighted by Crippen LogP contribution is -2.47. The van der Waals surface area contributed by atoms with Gasteiger partial charge in [0, 0.05) is 50.7 Å². The molecule has 0 aliphatic carbocycles. The van der Waals surface area contributed by atoms with Crippen molar-refractivity contribution in [3.05, 3.63) is 35.1 Å². The van der Waals surface area contributed by atoms with Crippen molar-refractivity contribution in [1.82, 2.24) is 19.8 Å². The van der Waals surface area contributed by atoms with Crippen molar-refractivity contribution in [3.8, 4) is 11.5 Å². The third-order valence-electron chi connectivity index (χ3n) is 4.41. The van der Waals surface area contributed by atoms with Gasteiger partial charge in [0.2, 0.25) is 5.95 Å². The van der Waals surface area contributed by atoms with Crippen LogP contribution < -0.4 is 14.8 Å². The number of piperazine rings is 1. The summed E-state index contributed by atoms with van der Waals surface area (Å²) in [6.45, 7) is 3.14. The first-order valence-electron chi connectivity index (χ1n) is 8.50. The number of hydrogen-bond donors (Lipinski definition) is 1.